The van der Waals surface area contributed by atoms with Crippen LogP contribution in [-0.2, 0) is 0 Å². The van der Waals surface area contributed by atoms with Crippen LogP contribution in [0.5, 0.6) is 0 Å². The average Bonchev–Trinajstić information content (AvgIpc) is 2.81. The third kappa shape index (κ3) is 1.91. The molecular formula is C16H16N2. The van der Waals surface area contributed by atoms with Crippen LogP contribution < -0.4 is 5.73 Å². The van der Waals surface area contributed by atoms with Crippen molar-refractivity contribution in [2.75, 3.05) is 0 Å². The first-order valence-corrected chi connectivity index (χ1v) is 6.14. The van der Waals surface area contributed by atoms with Crippen molar-refractivity contribution in [3.63, 3.8) is 0 Å². The summed E-state index contributed by atoms with van der Waals surface area (Å²) >= 11 is 0. The fourth-order valence-corrected chi connectivity index (χ4v) is 2.31. The van der Waals surface area contributed by atoms with Gasteiger partial charge in [-0.05, 0) is 30.0 Å². The van der Waals surface area contributed by atoms with Gasteiger partial charge in [-0.3, -0.25) is 0 Å². The topological polar surface area (TPSA) is 41.8 Å². The molecule has 3 aromatic rings. The molecule has 2 nitrogen and oxygen atoms in total. The Labute approximate surface area is 106 Å². The fourth-order valence-electron chi connectivity index (χ4n) is 2.31. The van der Waals surface area contributed by atoms with Gasteiger partial charge in [0.25, 0.3) is 0 Å². The van der Waals surface area contributed by atoms with Crippen LogP contribution in [-0.4, -0.2) is 4.98 Å². The Morgan fingerprint density at radius 1 is 1.00 bits per heavy atom. The monoisotopic (exact) mass is 236 g/mol. The van der Waals surface area contributed by atoms with Gasteiger partial charge in [0.1, 0.15) is 0 Å². The molecule has 90 valence electrons. The number of hydrogen-bond donors (Lipinski definition) is 2. The van der Waals surface area contributed by atoms with Crippen LogP contribution in [0.4, 0.5) is 0 Å². The van der Waals surface area contributed by atoms with Crippen LogP contribution in [0.3, 0.4) is 0 Å². The molecule has 0 radical (unpaired) electrons. The number of nitrogens with one attached hydrogen (secondary N) is 1. The molecule has 0 aliphatic carbocycles. The van der Waals surface area contributed by atoms with Crippen LogP contribution in [0, 0.1) is 6.92 Å². The predicted octanol–water partition coefficient (Wildman–Crippen LogP) is 3.52. The van der Waals surface area contributed by atoms with E-state index in [9.17, 15) is 0 Å². The van der Waals surface area contributed by atoms with E-state index in [-0.39, 0.29) is 6.04 Å². The molecule has 18 heavy (non-hydrogen) atoms. The maximum atomic E-state index is 6.32. The summed E-state index contributed by atoms with van der Waals surface area (Å²) in [4.78, 5) is 3.39. The van der Waals surface area contributed by atoms with E-state index in [2.05, 4.69) is 48.3 Å². The van der Waals surface area contributed by atoms with Crippen molar-refractivity contribution in [3.8, 4) is 0 Å². The SMILES string of the molecule is Cc1cccc([C@H](N)c2cc3ccccc3[nH]2)c1. The summed E-state index contributed by atoms with van der Waals surface area (Å²) < 4.78 is 0. The second-order valence-corrected chi connectivity index (χ2v) is 4.70. The van der Waals surface area contributed by atoms with E-state index in [1.54, 1.807) is 0 Å². The summed E-state index contributed by atoms with van der Waals surface area (Å²) in [7, 11) is 0. The highest BCUT2D eigenvalue weighted by atomic mass is 14.8. The quantitative estimate of drug-likeness (QED) is 0.702. The van der Waals surface area contributed by atoms with Gasteiger partial charge in [0.15, 0.2) is 0 Å². The molecule has 0 aliphatic rings. The second-order valence-electron chi connectivity index (χ2n) is 4.70. The number of aryl methyl sites for hydroxylation is 1. The van der Waals surface area contributed by atoms with Gasteiger partial charge in [-0.25, -0.2) is 0 Å². The van der Waals surface area contributed by atoms with Gasteiger partial charge in [0.05, 0.1) is 6.04 Å². The van der Waals surface area contributed by atoms with Crippen molar-refractivity contribution in [2.24, 2.45) is 5.73 Å². The minimum atomic E-state index is -0.0997. The summed E-state index contributed by atoms with van der Waals surface area (Å²) in [6, 6.07) is 18.6. The molecule has 3 N–H and O–H groups in total. The van der Waals surface area contributed by atoms with Gasteiger partial charge in [-0.2, -0.15) is 0 Å². The van der Waals surface area contributed by atoms with E-state index >= 15 is 0 Å². The highest BCUT2D eigenvalue weighted by Gasteiger charge is 2.11. The lowest BCUT2D eigenvalue weighted by Crippen LogP contribution is -2.12. The molecule has 0 amide bonds. The van der Waals surface area contributed by atoms with E-state index < -0.39 is 0 Å². The van der Waals surface area contributed by atoms with Gasteiger partial charge in [-0.1, -0.05) is 48.0 Å². The molecule has 0 aliphatic heterocycles. The summed E-state index contributed by atoms with van der Waals surface area (Å²) in [6.45, 7) is 2.08. The number of para-hydroxylation sites is 1. The van der Waals surface area contributed by atoms with E-state index in [0.717, 1.165) is 16.8 Å². The first kappa shape index (κ1) is 11.1. The molecule has 0 bridgehead atoms. The maximum Gasteiger partial charge on any atom is 0.0704 e. The van der Waals surface area contributed by atoms with E-state index in [0.29, 0.717) is 0 Å². The zero-order valence-corrected chi connectivity index (χ0v) is 10.4. The number of rotatable bonds is 2. The molecule has 2 heteroatoms. The standard InChI is InChI=1S/C16H16N2/c1-11-5-4-7-13(9-11)16(17)15-10-12-6-2-3-8-14(12)18-15/h2-10,16,18H,17H2,1H3/t16-/m0/s1. The second kappa shape index (κ2) is 4.31. The van der Waals surface area contributed by atoms with Crippen LogP contribution in [0.15, 0.2) is 54.6 Å². The molecule has 1 aromatic heterocycles. The van der Waals surface area contributed by atoms with Gasteiger partial charge in [-0.15, -0.1) is 0 Å². The van der Waals surface area contributed by atoms with Gasteiger partial charge < -0.3 is 10.7 Å². The van der Waals surface area contributed by atoms with E-state index in [4.69, 9.17) is 5.73 Å². The third-order valence-corrected chi connectivity index (χ3v) is 3.29. The van der Waals surface area contributed by atoms with Gasteiger partial charge in [0.2, 0.25) is 0 Å². The normalized spacial score (nSPS) is 12.8. The Bertz CT molecular complexity index is 649. The molecule has 1 atom stereocenters. The number of nitrogens with two attached hydrogens (primary N) is 1. The minimum absolute atomic E-state index is 0.0997. The average molecular weight is 236 g/mol. The lowest BCUT2D eigenvalue weighted by atomic mass is 10.0. The van der Waals surface area contributed by atoms with Crippen molar-refractivity contribution >= 4 is 10.9 Å². The number of benzene rings is 2. The Balaban J connectivity index is 2.03. The van der Waals surface area contributed by atoms with Crippen LogP contribution in [0.2, 0.25) is 0 Å². The molecule has 2 aromatic carbocycles. The molecule has 0 saturated carbocycles. The Kier molecular flexibility index (Phi) is 2.65. The Morgan fingerprint density at radius 3 is 2.61 bits per heavy atom. The predicted molar refractivity (Wildman–Crippen MR) is 75.5 cm³/mol. The van der Waals surface area contributed by atoms with Crippen molar-refractivity contribution in [1.82, 2.24) is 4.98 Å². The number of fused-ring (bicyclic) bond motifs is 1. The number of hydrogen-bond acceptors (Lipinski definition) is 1. The maximum absolute atomic E-state index is 6.32. The summed E-state index contributed by atoms with van der Waals surface area (Å²) in [5.41, 5.74) is 10.9. The lowest BCUT2D eigenvalue weighted by Gasteiger charge is -2.10. The third-order valence-electron chi connectivity index (χ3n) is 3.29. The number of aromatic amines is 1. The van der Waals surface area contributed by atoms with E-state index in [1.807, 2.05) is 18.2 Å². The van der Waals surface area contributed by atoms with Gasteiger partial charge in [0, 0.05) is 11.2 Å². The van der Waals surface area contributed by atoms with Gasteiger partial charge >= 0.3 is 0 Å². The Hall–Kier alpha value is -2.06. The molecular weight excluding hydrogens is 220 g/mol. The van der Waals surface area contributed by atoms with Crippen LogP contribution in [0.1, 0.15) is 22.9 Å². The first-order chi connectivity index (χ1) is 8.74. The zero-order valence-electron chi connectivity index (χ0n) is 10.4. The first-order valence-electron chi connectivity index (χ1n) is 6.14. The largest absolute Gasteiger partial charge is 0.357 e. The van der Waals surface area contributed by atoms with E-state index in [1.165, 1.54) is 10.9 Å². The summed E-state index contributed by atoms with van der Waals surface area (Å²) in [6.07, 6.45) is 0. The lowest BCUT2D eigenvalue weighted by molar-refractivity contribution is 0.841. The zero-order chi connectivity index (χ0) is 12.5. The smallest absolute Gasteiger partial charge is 0.0704 e. The molecule has 0 fully saturated rings. The number of H-pyrrole nitrogens is 1. The molecule has 3 rings (SSSR count). The highest BCUT2D eigenvalue weighted by Crippen LogP contribution is 2.23. The van der Waals surface area contributed by atoms with Crippen LogP contribution in [0.25, 0.3) is 10.9 Å². The van der Waals surface area contributed by atoms with Crippen LogP contribution >= 0.6 is 0 Å². The molecule has 0 unspecified atom stereocenters. The Morgan fingerprint density at radius 2 is 1.83 bits per heavy atom. The fraction of sp³-hybridized carbons (Fsp3) is 0.125. The summed E-state index contributed by atoms with van der Waals surface area (Å²) in [5.74, 6) is 0. The van der Waals surface area contributed by atoms with Crippen molar-refractivity contribution in [3.05, 3.63) is 71.4 Å². The minimum Gasteiger partial charge on any atom is -0.357 e. The highest BCUT2D eigenvalue weighted by molar-refractivity contribution is 5.80. The van der Waals surface area contributed by atoms with Crippen molar-refractivity contribution in [1.29, 1.82) is 0 Å². The number of aromatic nitrogens is 1. The molecule has 0 saturated heterocycles. The summed E-state index contributed by atoms with van der Waals surface area (Å²) in [5, 5.41) is 1.20. The van der Waals surface area contributed by atoms with Crippen molar-refractivity contribution in [2.45, 2.75) is 13.0 Å². The molecule has 1 heterocycles. The molecule has 0 spiro atoms. The van der Waals surface area contributed by atoms with Crippen molar-refractivity contribution < 1.29 is 0 Å².